The molecule has 1 fully saturated rings. The van der Waals surface area contributed by atoms with Crippen LogP contribution < -0.4 is 15.5 Å². The van der Waals surface area contributed by atoms with Crippen LogP contribution in [-0.2, 0) is 5.41 Å². The summed E-state index contributed by atoms with van der Waals surface area (Å²) in [6.45, 7) is 10.5. The highest BCUT2D eigenvalue weighted by molar-refractivity contribution is 5.46. The number of likely N-dealkylation sites (N-methyl/N-ethyl adjacent to an activating group) is 2. The van der Waals surface area contributed by atoms with Gasteiger partial charge in [0.2, 0.25) is 5.95 Å². The molecule has 6 nitrogen and oxygen atoms in total. The second-order valence-corrected chi connectivity index (χ2v) is 7.41. The number of hydrogen-bond donors (Lipinski definition) is 2. The summed E-state index contributed by atoms with van der Waals surface area (Å²) in [5, 5.41) is 6.77. The first-order valence-corrected chi connectivity index (χ1v) is 7.98. The molecule has 0 saturated carbocycles. The van der Waals surface area contributed by atoms with E-state index in [9.17, 15) is 0 Å². The van der Waals surface area contributed by atoms with Crippen LogP contribution in [0.15, 0.2) is 6.07 Å². The van der Waals surface area contributed by atoms with Gasteiger partial charge in [0.15, 0.2) is 0 Å². The van der Waals surface area contributed by atoms with E-state index in [-0.39, 0.29) is 5.41 Å². The molecule has 0 aliphatic carbocycles. The van der Waals surface area contributed by atoms with Crippen LogP contribution >= 0.6 is 0 Å². The van der Waals surface area contributed by atoms with E-state index in [1.165, 1.54) is 0 Å². The lowest BCUT2D eigenvalue weighted by molar-refractivity contribution is 0.415. The first-order valence-electron chi connectivity index (χ1n) is 7.98. The quantitative estimate of drug-likeness (QED) is 0.822. The Kier molecular flexibility index (Phi) is 5.24. The molecule has 124 valence electrons. The van der Waals surface area contributed by atoms with Gasteiger partial charge >= 0.3 is 0 Å². The van der Waals surface area contributed by atoms with Crippen LogP contribution in [0.3, 0.4) is 0 Å². The Morgan fingerprint density at radius 2 is 1.86 bits per heavy atom. The topological polar surface area (TPSA) is 56.3 Å². The molecule has 22 heavy (non-hydrogen) atoms. The maximum Gasteiger partial charge on any atom is 0.227 e. The SMILES string of the molecule is CN(C)CCN(C)c1nc(NC2CNC2)cc(C(C)(C)C)n1. The van der Waals surface area contributed by atoms with E-state index >= 15 is 0 Å². The monoisotopic (exact) mass is 306 g/mol. The summed E-state index contributed by atoms with van der Waals surface area (Å²) in [5.41, 5.74) is 1.08. The standard InChI is InChI=1S/C16H30N6/c1-16(2,3)13-9-14(18-12-10-17-11-12)20-15(19-13)22(6)8-7-21(4)5/h9,12,17H,7-8,10-11H2,1-6H3,(H,18,19,20). The summed E-state index contributed by atoms with van der Waals surface area (Å²) in [4.78, 5) is 13.8. The van der Waals surface area contributed by atoms with Gasteiger partial charge in [0.1, 0.15) is 5.82 Å². The second kappa shape index (κ2) is 6.79. The Morgan fingerprint density at radius 3 is 2.36 bits per heavy atom. The molecule has 1 aromatic heterocycles. The van der Waals surface area contributed by atoms with Gasteiger partial charge in [-0.1, -0.05) is 20.8 Å². The Labute approximate surface area is 134 Å². The lowest BCUT2D eigenvalue weighted by atomic mass is 9.92. The van der Waals surface area contributed by atoms with E-state index in [1.807, 2.05) is 0 Å². The van der Waals surface area contributed by atoms with Crippen LogP contribution in [0.25, 0.3) is 0 Å². The van der Waals surface area contributed by atoms with Crippen LogP contribution in [0.2, 0.25) is 0 Å². The van der Waals surface area contributed by atoms with Crippen molar-refractivity contribution in [3.63, 3.8) is 0 Å². The minimum absolute atomic E-state index is 0.00830. The van der Waals surface area contributed by atoms with E-state index in [1.54, 1.807) is 0 Å². The molecular formula is C16H30N6. The third-order valence-electron chi connectivity index (χ3n) is 3.84. The Hall–Kier alpha value is -1.40. The van der Waals surface area contributed by atoms with Crippen LogP contribution in [-0.4, -0.2) is 68.2 Å². The summed E-state index contributed by atoms with van der Waals surface area (Å²) in [6, 6.07) is 2.56. The molecule has 2 N–H and O–H groups in total. The molecule has 1 aromatic rings. The number of nitrogens with zero attached hydrogens (tertiary/aromatic N) is 4. The van der Waals surface area contributed by atoms with Crippen LogP contribution in [0, 0.1) is 0 Å². The molecule has 0 aromatic carbocycles. The lowest BCUT2D eigenvalue weighted by Crippen LogP contribution is -2.51. The molecule has 1 aliphatic heterocycles. The predicted octanol–water partition coefficient (Wildman–Crippen LogP) is 1.16. The van der Waals surface area contributed by atoms with Crippen molar-refractivity contribution in [2.75, 3.05) is 57.5 Å². The van der Waals surface area contributed by atoms with Gasteiger partial charge in [-0.15, -0.1) is 0 Å². The van der Waals surface area contributed by atoms with Gasteiger partial charge in [-0.25, -0.2) is 4.98 Å². The third-order valence-corrected chi connectivity index (χ3v) is 3.84. The molecule has 0 atom stereocenters. The van der Waals surface area contributed by atoms with Crippen molar-refractivity contribution in [1.29, 1.82) is 0 Å². The molecule has 0 amide bonds. The van der Waals surface area contributed by atoms with Crippen LogP contribution in [0.4, 0.5) is 11.8 Å². The van der Waals surface area contributed by atoms with Crippen molar-refractivity contribution in [2.24, 2.45) is 0 Å². The van der Waals surface area contributed by atoms with Crippen molar-refractivity contribution in [3.05, 3.63) is 11.8 Å². The maximum absolute atomic E-state index is 4.77. The minimum atomic E-state index is 0.00830. The Bertz CT molecular complexity index is 490. The van der Waals surface area contributed by atoms with Gasteiger partial charge in [-0.05, 0) is 14.1 Å². The Morgan fingerprint density at radius 1 is 1.18 bits per heavy atom. The fourth-order valence-corrected chi connectivity index (χ4v) is 2.11. The molecule has 1 saturated heterocycles. The van der Waals surface area contributed by atoms with Crippen molar-refractivity contribution < 1.29 is 0 Å². The first kappa shape index (κ1) is 17.0. The Balaban J connectivity index is 2.20. The molecule has 0 bridgehead atoms. The van der Waals surface area contributed by atoms with Gasteiger partial charge in [0.05, 0.1) is 11.7 Å². The van der Waals surface area contributed by atoms with Crippen molar-refractivity contribution >= 4 is 11.8 Å². The molecule has 0 radical (unpaired) electrons. The fourth-order valence-electron chi connectivity index (χ4n) is 2.11. The van der Waals surface area contributed by atoms with Gasteiger partial charge < -0.3 is 20.4 Å². The average molecular weight is 306 g/mol. The number of aromatic nitrogens is 2. The summed E-state index contributed by atoms with van der Waals surface area (Å²) in [7, 11) is 6.22. The molecule has 1 aliphatic rings. The lowest BCUT2D eigenvalue weighted by Gasteiger charge is -2.30. The maximum atomic E-state index is 4.77. The molecular weight excluding hydrogens is 276 g/mol. The van der Waals surface area contributed by atoms with Gasteiger partial charge in [-0.2, -0.15) is 4.98 Å². The zero-order valence-corrected chi connectivity index (χ0v) is 14.8. The fraction of sp³-hybridized carbons (Fsp3) is 0.750. The molecule has 0 unspecified atom stereocenters. The van der Waals surface area contributed by atoms with Crippen molar-refractivity contribution in [2.45, 2.75) is 32.2 Å². The van der Waals surface area contributed by atoms with Crippen molar-refractivity contribution in [1.82, 2.24) is 20.2 Å². The first-order chi connectivity index (χ1) is 10.3. The summed E-state index contributed by atoms with van der Waals surface area (Å²) < 4.78 is 0. The van der Waals surface area contributed by atoms with E-state index in [0.717, 1.165) is 43.6 Å². The predicted molar refractivity (Wildman–Crippen MR) is 92.8 cm³/mol. The van der Waals surface area contributed by atoms with E-state index in [2.05, 4.69) is 68.4 Å². The zero-order chi connectivity index (χ0) is 16.3. The smallest absolute Gasteiger partial charge is 0.227 e. The average Bonchev–Trinajstić information content (AvgIpc) is 2.39. The van der Waals surface area contributed by atoms with E-state index < -0.39 is 0 Å². The highest BCUT2D eigenvalue weighted by Gasteiger charge is 2.22. The summed E-state index contributed by atoms with van der Waals surface area (Å²) >= 11 is 0. The van der Waals surface area contributed by atoms with Crippen molar-refractivity contribution in [3.8, 4) is 0 Å². The largest absolute Gasteiger partial charge is 0.365 e. The number of nitrogens with one attached hydrogen (secondary N) is 2. The van der Waals surface area contributed by atoms with Crippen LogP contribution in [0.5, 0.6) is 0 Å². The van der Waals surface area contributed by atoms with Gasteiger partial charge in [0, 0.05) is 44.7 Å². The van der Waals surface area contributed by atoms with Gasteiger partial charge in [0.25, 0.3) is 0 Å². The third kappa shape index (κ3) is 4.55. The van der Waals surface area contributed by atoms with E-state index in [4.69, 9.17) is 9.97 Å². The molecule has 0 spiro atoms. The number of anilines is 2. The summed E-state index contributed by atoms with van der Waals surface area (Å²) in [5.74, 6) is 1.72. The number of hydrogen-bond acceptors (Lipinski definition) is 6. The molecule has 6 heteroatoms. The van der Waals surface area contributed by atoms with Crippen LogP contribution in [0.1, 0.15) is 26.5 Å². The summed E-state index contributed by atoms with van der Waals surface area (Å²) in [6.07, 6.45) is 0. The molecule has 2 heterocycles. The molecule has 2 rings (SSSR count). The highest BCUT2D eigenvalue weighted by Crippen LogP contribution is 2.25. The zero-order valence-electron chi connectivity index (χ0n) is 14.8. The normalized spacial score (nSPS) is 15.8. The van der Waals surface area contributed by atoms with E-state index in [0.29, 0.717) is 6.04 Å². The second-order valence-electron chi connectivity index (χ2n) is 7.41. The van der Waals surface area contributed by atoms with Gasteiger partial charge in [-0.3, -0.25) is 0 Å². The number of rotatable bonds is 6. The highest BCUT2D eigenvalue weighted by atomic mass is 15.3. The minimum Gasteiger partial charge on any atom is -0.365 e.